The summed E-state index contributed by atoms with van der Waals surface area (Å²) in [5.74, 6) is 1.92. The molecule has 1 aromatic rings. The standard InChI is InChI=1S/C19H30N2/c1-14-9-15(2)11-18(10-14)21(3)19(13-20)8-4-5-17(12-19)16-6-7-16/h9-11,16-17H,4-8,12-13,20H2,1-3H3. The minimum absolute atomic E-state index is 0.172. The van der Waals surface area contributed by atoms with E-state index < -0.39 is 0 Å². The molecule has 21 heavy (non-hydrogen) atoms. The molecule has 0 spiro atoms. The molecule has 0 aromatic heterocycles. The summed E-state index contributed by atoms with van der Waals surface area (Å²) in [6.07, 6.45) is 8.21. The summed E-state index contributed by atoms with van der Waals surface area (Å²) in [5.41, 5.74) is 10.5. The number of benzene rings is 1. The molecule has 2 unspecified atom stereocenters. The molecule has 2 nitrogen and oxygen atoms in total. The normalized spacial score (nSPS) is 29.4. The van der Waals surface area contributed by atoms with Gasteiger partial charge in [-0.2, -0.15) is 0 Å². The lowest BCUT2D eigenvalue weighted by Crippen LogP contribution is -2.55. The topological polar surface area (TPSA) is 29.3 Å². The van der Waals surface area contributed by atoms with Crippen molar-refractivity contribution in [2.24, 2.45) is 17.6 Å². The third kappa shape index (κ3) is 2.96. The van der Waals surface area contributed by atoms with Gasteiger partial charge in [-0.25, -0.2) is 0 Å². The van der Waals surface area contributed by atoms with Gasteiger partial charge < -0.3 is 10.6 Å². The SMILES string of the molecule is Cc1cc(C)cc(N(C)C2(CN)CCCC(C3CC3)C2)c1. The molecule has 116 valence electrons. The van der Waals surface area contributed by atoms with Crippen LogP contribution in [0.4, 0.5) is 5.69 Å². The Labute approximate surface area is 129 Å². The Bertz CT molecular complexity index is 486. The van der Waals surface area contributed by atoms with Crippen LogP contribution < -0.4 is 10.6 Å². The number of likely N-dealkylation sites (N-methyl/N-ethyl adjacent to an activating group) is 1. The highest BCUT2D eigenvalue weighted by Gasteiger charge is 2.43. The van der Waals surface area contributed by atoms with Crippen LogP contribution in [0.3, 0.4) is 0 Å². The van der Waals surface area contributed by atoms with E-state index in [-0.39, 0.29) is 5.54 Å². The molecule has 2 fully saturated rings. The summed E-state index contributed by atoms with van der Waals surface area (Å²) in [6.45, 7) is 5.15. The highest BCUT2D eigenvalue weighted by Crippen LogP contribution is 2.48. The van der Waals surface area contributed by atoms with Gasteiger partial charge in [-0.3, -0.25) is 0 Å². The Morgan fingerprint density at radius 2 is 1.76 bits per heavy atom. The maximum Gasteiger partial charge on any atom is 0.0523 e. The van der Waals surface area contributed by atoms with Crippen LogP contribution in [0, 0.1) is 25.7 Å². The minimum Gasteiger partial charge on any atom is -0.368 e. The van der Waals surface area contributed by atoms with E-state index in [1.165, 1.54) is 55.3 Å². The van der Waals surface area contributed by atoms with Gasteiger partial charge in [-0.05, 0) is 74.6 Å². The first-order chi connectivity index (χ1) is 10.0. The van der Waals surface area contributed by atoms with Crippen molar-refractivity contribution in [2.45, 2.75) is 57.9 Å². The Balaban J connectivity index is 1.86. The third-order valence-electron chi connectivity index (χ3n) is 5.83. The number of hydrogen-bond donors (Lipinski definition) is 1. The van der Waals surface area contributed by atoms with E-state index >= 15 is 0 Å². The fraction of sp³-hybridized carbons (Fsp3) is 0.684. The van der Waals surface area contributed by atoms with Gasteiger partial charge in [0.05, 0.1) is 5.54 Å². The molecule has 2 aliphatic rings. The van der Waals surface area contributed by atoms with E-state index in [4.69, 9.17) is 5.73 Å². The van der Waals surface area contributed by atoms with Gasteiger partial charge in [-0.1, -0.05) is 18.9 Å². The van der Waals surface area contributed by atoms with Crippen LogP contribution in [0.2, 0.25) is 0 Å². The van der Waals surface area contributed by atoms with E-state index in [1.807, 2.05) is 0 Å². The van der Waals surface area contributed by atoms with Gasteiger partial charge in [0.15, 0.2) is 0 Å². The number of anilines is 1. The van der Waals surface area contributed by atoms with Crippen molar-refractivity contribution in [1.82, 2.24) is 0 Å². The molecule has 2 N–H and O–H groups in total. The molecule has 2 atom stereocenters. The van der Waals surface area contributed by atoms with Crippen molar-refractivity contribution in [3.63, 3.8) is 0 Å². The van der Waals surface area contributed by atoms with Gasteiger partial charge in [-0.15, -0.1) is 0 Å². The first kappa shape index (κ1) is 14.9. The van der Waals surface area contributed by atoms with Crippen molar-refractivity contribution in [3.05, 3.63) is 29.3 Å². The second-order valence-electron chi connectivity index (χ2n) is 7.53. The van der Waals surface area contributed by atoms with Crippen LogP contribution >= 0.6 is 0 Å². The van der Waals surface area contributed by atoms with E-state index in [2.05, 4.69) is 44.0 Å². The molecule has 2 aliphatic carbocycles. The summed E-state index contributed by atoms with van der Waals surface area (Å²) >= 11 is 0. The van der Waals surface area contributed by atoms with Crippen LogP contribution in [0.5, 0.6) is 0 Å². The fourth-order valence-electron chi connectivity index (χ4n) is 4.40. The fourth-order valence-corrected chi connectivity index (χ4v) is 4.40. The Morgan fingerprint density at radius 3 is 2.33 bits per heavy atom. The van der Waals surface area contributed by atoms with Gasteiger partial charge in [0, 0.05) is 19.3 Å². The summed E-state index contributed by atoms with van der Waals surface area (Å²) in [6, 6.07) is 6.87. The zero-order valence-corrected chi connectivity index (χ0v) is 13.9. The quantitative estimate of drug-likeness (QED) is 0.905. The van der Waals surface area contributed by atoms with Gasteiger partial charge >= 0.3 is 0 Å². The van der Waals surface area contributed by atoms with Crippen molar-refractivity contribution >= 4 is 5.69 Å². The number of hydrogen-bond acceptors (Lipinski definition) is 2. The van der Waals surface area contributed by atoms with Crippen molar-refractivity contribution in [1.29, 1.82) is 0 Å². The van der Waals surface area contributed by atoms with E-state index in [9.17, 15) is 0 Å². The van der Waals surface area contributed by atoms with Crippen LogP contribution in [0.25, 0.3) is 0 Å². The molecule has 0 amide bonds. The smallest absolute Gasteiger partial charge is 0.0523 e. The lowest BCUT2D eigenvalue weighted by Gasteiger charge is -2.48. The molecule has 2 saturated carbocycles. The van der Waals surface area contributed by atoms with E-state index in [1.54, 1.807) is 0 Å². The van der Waals surface area contributed by atoms with Crippen LogP contribution in [-0.2, 0) is 0 Å². The lowest BCUT2D eigenvalue weighted by atomic mass is 9.72. The predicted molar refractivity (Wildman–Crippen MR) is 90.8 cm³/mol. The Hall–Kier alpha value is -1.02. The summed E-state index contributed by atoms with van der Waals surface area (Å²) in [7, 11) is 2.26. The summed E-state index contributed by atoms with van der Waals surface area (Å²) < 4.78 is 0. The Kier molecular flexibility index (Phi) is 4.00. The number of rotatable bonds is 4. The number of aryl methyl sites for hydroxylation is 2. The molecular weight excluding hydrogens is 256 g/mol. The molecular formula is C19H30N2. The van der Waals surface area contributed by atoms with E-state index in [0.717, 1.165) is 18.4 Å². The maximum absolute atomic E-state index is 6.29. The summed E-state index contributed by atoms with van der Waals surface area (Å²) in [4.78, 5) is 2.50. The predicted octanol–water partition coefficient (Wildman–Crippen LogP) is 4.04. The summed E-state index contributed by atoms with van der Waals surface area (Å²) in [5, 5.41) is 0. The first-order valence-electron chi connectivity index (χ1n) is 8.56. The monoisotopic (exact) mass is 286 g/mol. The molecule has 0 bridgehead atoms. The second-order valence-corrected chi connectivity index (χ2v) is 7.53. The third-order valence-corrected chi connectivity index (χ3v) is 5.83. The molecule has 0 heterocycles. The first-order valence-corrected chi connectivity index (χ1v) is 8.56. The van der Waals surface area contributed by atoms with Crippen LogP contribution in [-0.4, -0.2) is 19.1 Å². The largest absolute Gasteiger partial charge is 0.368 e. The van der Waals surface area contributed by atoms with E-state index in [0.29, 0.717) is 0 Å². The van der Waals surface area contributed by atoms with Crippen LogP contribution in [0.15, 0.2) is 18.2 Å². The zero-order valence-electron chi connectivity index (χ0n) is 13.9. The van der Waals surface area contributed by atoms with Crippen molar-refractivity contribution in [2.75, 3.05) is 18.5 Å². The number of nitrogens with two attached hydrogens (primary N) is 1. The van der Waals surface area contributed by atoms with Gasteiger partial charge in [0.1, 0.15) is 0 Å². The molecule has 1 aromatic carbocycles. The average Bonchev–Trinajstić information content (AvgIpc) is 3.30. The van der Waals surface area contributed by atoms with Crippen LogP contribution in [0.1, 0.15) is 49.7 Å². The minimum atomic E-state index is 0.172. The highest BCUT2D eigenvalue weighted by atomic mass is 15.2. The highest BCUT2D eigenvalue weighted by molar-refractivity contribution is 5.52. The average molecular weight is 286 g/mol. The number of nitrogens with zero attached hydrogens (tertiary/aromatic N) is 1. The van der Waals surface area contributed by atoms with Crippen molar-refractivity contribution in [3.8, 4) is 0 Å². The van der Waals surface area contributed by atoms with Crippen molar-refractivity contribution < 1.29 is 0 Å². The molecule has 0 saturated heterocycles. The maximum atomic E-state index is 6.29. The van der Waals surface area contributed by atoms with Gasteiger partial charge in [0.25, 0.3) is 0 Å². The van der Waals surface area contributed by atoms with Gasteiger partial charge in [0.2, 0.25) is 0 Å². The molecule has 0 aliphatic heterocycles. The second kappa shape index (κ2) is 5.64. The molecule has 0 radical (unpaired) electrons. The molecule has 2 heteroatoms. The lowest BCUT2D eigenvalue weighted by molar-refractivity contribution is 0.204. The Morgan fingerprint density at radius 1 is 1.10 bits per heavy atom. The zero-order chi connectivity index (χ0) is 15.0. The molecule has 3 rings (SSSR count).